The van der Waals surface area contributed by atoms with Crippen LogP contribution in [-0.4, -0.2) is 295 Å². The van der Waals surface area contributed by atoms with E-state index in [1.807, 2.05) is 0 Å². The Bertz CT molecular complexity index is 2770. The molecule has 1 fully saturated rings. The van der Waals surface area contributed by atoms with Crippen LogP contribution in [0.2, 0.25) is 0 Å². The molecule has 0 unspecified atom stereocenters. The maximum absolute atomic E-state index is 13.4. The van der Waals surface area contributed by atoms with Crippen molar-refractivity contribution in [2.24, 2.45) is 0 Å². The molecule has 8 N–H and O–H groups in total. The SMILES string of the molecule is C=CCOC(=O)N1CCNC(=O)CN(C(=O)OCC(Cl)(Cl)Cl)CCNC(=O)CN(C(=O)OCC=C)CCNC(=O)CN(C(=O)OCC(Cl)(Cl)Cl)CCNC(=O)CCCCCCCNC(=O)CCCCCCNC(=O)CN(C(=O)OCC(Cl)(Cl)Cl)CCNC(=O)CN(C(=O)OCC=C)CCNC(=O)C1. The Morgan fingerprint density at radius 3 is 0.699 bits per heavy atom. The predicted molar refractivity (Wildman–Crippen MR) is 384 cm³/mol. The first-order chi connectivity index (χ1) is 48.6. The van der Waals surface area contributed by atoms with E-state index in [1.165, 1.54) is 18.2 Å². The summed E-state index contributed by atoms with van der Waals surface area (Å²) in [7, 11) is 0. The maximum Gasteiger partial charge on any atom is 0.410 e. The molecule has 0 aromatic rings. The molecule has 0 radical (unpaired) electrons. The van der Waals surface area contributed by atoms with E-state index in [0.29, 0.717) is 51.5 Å². The van der Waals surface area contributed by atoms with E-state index in [2.05, 4.69) is 62.3 Å². The van der Waals surface area contributed by atoms with E-state index in [1.54, 1.807) is 0 Å². The fraction of sp³-hybridized carbons (Fsp3) is 0.667. The van der Waals surface area contributed by atoms with Gasteiger partial charge in [0.05, 0.1) is 0 Å². The minimum Gasteiger partial charge on any atom is -0.445 e. The van der Waals surface area contributed by atoms with Gasteiger partial charge in [-0.05, 0) is 25.7 Å². The van der Waals surface area contributed by atoms with Gasteiger partial charge in [0, 0.05) is 104 Å². The van der Waals surface area contributed by atoms with Crippen LogP contribution in [0, 0.1) is 0 Å². The largest absolute Gasteiger partial charge is 0.445 e. The van der Waals surface area contributed by atoms with Crippen LogP contribution in [0.25, 0.3) is 0 Å². The Kier molecular flexibility index (Phi) is 49.3. The third kappa shape index (κ3) is 50.3. The van der Waals surface area contributed by atoms with Crippen molar-refractivity contribution in [2.45, 2.75) is 82.0 Å². The quantitative estimate of drug-likeness (QED) is 0.0893. The van der Waals surface area contributed by atoms with E-state index in [0.717, 1.165) is 42.2 Å². The van der Waals surface area contributed by atoms with Crippen LogP contribution in [-0.2, 0) is 66.8 Å². The number of nitrogens with one attached hydrogen (secondary N) is 8. The fourth-order valence-corrected chi connectivity index (χ4v) is 8.96. The Hall–Kier alpha value is -6.79. The van der Waals surface area contributed by atoms with Crippen molar-refractivity contribution in [1.29, 1.82) is 0 Å². The lowest BCUT2D eigenvalue weighted by atomic mass is 10.1. The van der Waals surface area contributed by atoms with Crippen molar-refractivity contribution >= 4 is 188 Å². The molecule has 0 aromatic carbocycles. The van der Waals surface area contributed by atoms with Gasteiger partial charge in [0.25, 0.3) is 0 Å². The number of alkyl halides is 9. The zero-order valence-corrected chi connectivity index (χ0v) is 63.6. The zero-order chi connectivity index (χ0) is 77.2. The van der Waals surface area contributed by atoms with Crippen LogP contribution in [0.5, 0.6) is 0 Å². The molecule has 1 heterocycles. The first-order valence-electron chi connectivity index (χ1n) is 32.3. The van der Waals surface area contributed by atoms with Crippen molar-refractivity contribution < 1.29 is 95.5 Å². The number of ether oxygens (including phenoxy) is 6. The number of nitrogens with zero attached hydrogens (tertiary/aromatic N) is 6. The second-order valence-corrected chi connectivity index (χ2v) is 29.7. The van der Waals surface area contributed by atoms with Gasteiger partial charge in [-0.15, -0.1) is 0 Å². The molecule has 1 rings (SSSR count). The summed E-state index contributed by atoms with van der Waals surface area (Å²) in [4.78, 5) is 189. The summed E-state index contributed by atoms with van der Waals surface area (Å²) >= 11 is 52.1. The minimum absolute atomic E-state index is 0.112. The number of carbonyl (C=O) groups excluding carboxylic acids is 14. The van der Waals surface area contributed by atoms with Gasteiger partial charge in [0.2, 0.25) is 58.6 Å². The number of carbonyl (C=O) groups is 14. The summed E-state index contributed by atoms with van der Waals surface area (Å²) in [5.74, 6) is -5.11. The lowest BCUT2D eigenvalue weighted by Gasteiger charge is -2.25. The third-order valence-electron chi connectivity index (χ3n) is 13.4. The number of hydrogen-bond donors (Lipinski definition) is 8. The normalized spacial score (nSPS) is 17.8. The first-order valence-corrected chi connectivity index (χ1v) is 35.7. The van der Waals surface area contributed by atoms with Gasteiger partial charge in [-0.2, -0.15) is 0 Å². The summed E-state index contributed by atoms with van der Waals surface area (Å²) in [5.41, 5.74) is 0. The minimum atomic E-state index is -2.10. The van der Waals surface area contributed by atoms with Crippen LogP contribution in [0.1, 0.15) is 70.6 Å². The highest BCUT2D eigenvalue weighted by Crippen LogP contribution is 2.28. The first kappa shape index (κ1) is 94.2. The average molecular weight is 1650 g/mol. The molecule has 0 saturated carbocycles. The Labute approximate surface area is 642 Å². The van der Waals surface area contributed by atoms with Crippen molar-refractivity contribution in [2.75, 3.05) is 171 Å². The third-order valence-corrected chi connectivity index (χ3v) is 14.4. The molecular formula is C60H91Cl9N14O20. The summed E-state index contributed by atoms with van der Waals surface area (Å²) in [6.07, 6.45) is 3.78. The van der Waals surface area contributed by atoms with Gasteiger partial charge >= 0.3 is 36.6 Å². The van der Waals surface area contributed by atoms with Gasteiger partial charge in [-0.1, -0.05) is 174 Å². The molecule has 43 heteroatoms. The van der Waals surface area contributed by atoms with Gasteiger partial charge in [-0.3, -0.25) is 67.8 Å². The van der Waals surface area contributed by atoms with Crippen molar-refractivity contribution in [3.05, 3.63) is 38.0 Å². The second kappa shape index (κ2) is 53.9. The molecule has 0 spiro atoms. The van der Waals surface area contributed by atoms with E-state index in [9.17, 15) is 67.1 Å². The van der Waals surface area contributed by atoms with Gasteiger partial charge in [-0.25, -0.2) is 28.8 Å². The molecule has 103 heavy (non-hydrogen) atoms. The molecule has 0 atom stereocenters. The van der Waals surface area contributed by atoms with E-state index >= 15 is 0 Å². The molecule has 0 aromatic heterocycles. The molecule has 1 aliphatic heterocycles. The highest BCUT2D eigenvalue weighted by molar-refractivity contribution is 6.68. The average Bonchev–Trinajstić information content (AvgIpc) is 0.939. The number of halogens is 9. The molecule has 34 nitrogen and oxygen atoms in total. The molecular weight excluding hydrogens is 1560 g/mol. The molecule has 14 amide bonds. The van der Waals surface area contributed by atoms with Gasteiger partial charge in [0.15, 0.2) is 0 Å². The van der Waals surface area contributed by atoms with Crippen molar-refractivity contribution in [3.63, 3.8) is 0 Å². The summed E-state index contributed by atoms with van der Waals surface area (Å²) < 4.78 is 24.5. The second-order valence-electron chi connectivity index (χ2n) is 22.1. The Balaban J connectivity index is 3.43. The van der Waals surface area contributed by atoms with Crippen molar-refractivity contribution in [1.82, 2.24) is 71.9 Å². The summed E-state index contributed by atoms with van der Waals surface area (Å²) in [6, 6.07) is 0. The van der Waals surface area contributed by atoms with Crippen LogP contribution < -0.4 is 42.5 Å². The predicted octanol–water partition coefficient (Wildman–Crippen LogP) is 4.52. The molecule has 1 saturated heterocycles. The van der Waals surface area contributed by atoms with Crippen molar-refractivity contribution in [3.8, 4) is 0 Å². The highest BCUT2D eigenvalue weighted by Gasteiger charge is 2.31. The summed E-state index contributed by atoms with van der Waals surface area (Å²) in [6.45, 7) is 0.319. The van der Waals surface area contributed by atoms with Gasteiger partial charge < -0.3 is 71.0 Å². The van der Waals surface area contributed by atoms with E-state index < -0.39 is 156 Å². The molecule has 0 aliphatic carbocycles. The standard InChI is InChI=1S/C60H91Cl9N14O20/c1-4-32-98-52(92)78-27-21-73-47(87)36-79(53(93)99-33-5-2)29-23-75-51(91)40-83(57(97)103-43-60(67,68)69)31-25-77-49(89)38-80(54(94)100-34-6-3)28-22-74-50(90)39-81(55(95)101-41-58(61,62)63)26-20-72-45(85)17-12-8-7-10-14-18-70-44(84)16-13-9-11-15-19-71-46(86)35-82(30-24-76-48(88)37-78)56(96)102-42-59(64,65)66/h4-6H,1-3,7-43H2,(H,70,84)(H,71,86)(H,72,85)(H,73,87)(H,74,90)(H,75,91)(H,76,88)(H,77,89). The van der Waals surface area contributed by atoms with E-state index in [4.69, 9.17) is 133 Å². The lowest BCUT2D eigenvalue weighted by molar-refractivity contribution is -0.123. The number of hydrogen-bond acceptors (Lipinski definition) is 20. The van der Waals surface area contributed by atoms with E-state index in [-0.39, 0.29) is 116 Å². The van der Waals surface area contributed by atoms with Crippen LogP contribution in [0.4, 0.5) is 28.8 Å². The monoisotopic (exact) mass is 1640 g/mol. The fourth-order valence-electron chi connectivity index (χ4n) is 8.47. The van der Waals surface area contributed by atoms with Crippen LogP contribution in [0.15, 0.2) is 38.0 Å². The zero-order valence-electron chi connectivity index (χ0n) is 56.8. The van der Waals surface area contributed by atoms with Crippen LogP contribution >= 0.6 is 104 Å². The number of rotatable bonds is 9. The highest BCUT2D eigenvalue weighted by atomic mass is 35.6. The smallest absolute Gasteiger partial charge is 0.410 e. The Morgan fingerprint density at radius 1 is 0.291 bits per heavy atom. The topological polar surface area (TPSA) is 410 Å². The molecule has 1 aliphatic rings. The molecule has 0 bridgehead atoms. The summed E-state index contributed by atoms with van der Waals surface area (Å²) in [5, 5.41) is 20.8. The lowest BCUT2D eigenvalue weighted by Crippen LogP contribution is -2.49. The number of amides is 14. The van der Waals surface area contributed by atoms with Crippen LogP contribution in [0.3, 0.4) is 0 Å². The van der Waals surface area contributed by atoms with Gasteiger partial charge in [0.1, 0.15) is 78.9 Å². The maximum atomic E-state index is 13.4. The molecule has 584 valence electrons. The Morgan fingerprint density at radius 2 is 0.476 bits per heavy atom.